The predicted octanol–water partition coefficient (Wildman–Crippen LogP) is 15.4. The molecule has 10 aromatic rings. The van der Waals surface area contributed by atoms with E-state index in [1.807, 2.05) is 11.8 Å². The minimum atomic E-state index is -0.0723. The van der Waals surface area contributed by atoms with E-state index in [0.717, 1.165) is 57.0 Å². The van der Waals surface area contributed by atoms with Crippen LogP contribution in [0.5, 0.6) is 11.5 Å². The highest BCUT2D eigenvalue weighted by atomic mass is 32.2. The Morgan fingerprint density at radius 2 is 0.947 bits per heavy atom. The fraction of sp³-hybridized carbons (Fsp3) is 0.0588. The van der Waals surface area contributed by atoms with Crippen LogP contribution in [0.15, 0.2) is 271 Å². The summed E-state index contributed by atoms with van der Waals surface area (Å²) in [5.74, 6) is 1.91. The first-order valence-electron chi connectivity index (χ1n) is 26.4. The number of thioether (sulfide) groups is 1. The van der Waals surface area contributed by atoms with Gasteiger partial charge in [0, 0.05) is 73.1 Å². The van der Waals surface area contributed by atoms with Gasteiger partial charge < -0.3 is 24.3 Å². The Bertz CT molecular complexity index is 3870. The number of rotatable bonds is 8. The predicted molar refractivity (Wildman–Crippen MR) is 321 cm³/mol. The zero-order valence-corrected chi connectivity index (χ0v) is 43.0. The fourth-order valence-electron chi connectivity index (χ4n) is 13.0. The molecule has 5 nitrogen and oxygen atoms in total. The van der Waals surface area contributed by atoms with Gasteiger partial charge in [-0.3, -0.25) is 0 Å². The number of hydrogen-bond donors (Lipinski definition) is 0. The minimum Gasteiger partial charge on any atom is -0.458 e. The summed E-state index contributed by atoms with van der Waals surface area (Å²) in [6.07, 6.45) is 5.37. The average molecular weight is 993 g/mol. The van der Waals surface area contributed by atoms with Gasteiger partial charge in [0.1, 0.15) is 11.5 Å². The van der Waals surface area contributed by atoms with E-state index in [0.29, 0.717) is 0 Å². The molecule has 1 aliphatic carbocycles. The van der Waals surface area contributed by atoms with Crippen LogP contribution in [0, 0.1) is 13.8 Å². The van der Waals surface area contributed by atoms with Gasteiger partial charge in [0.05, 0.1) is 11.4 Å². The molecular formula is C68H50B2N4OS. The van der Waals surface area contributed by atoms with Gasteiger partial charge in [-0.2, -0.15) is 0 Å². The fourth-order valence-corrected chi connectivity index (χ4v) is 14.4. The molecule has 4 aliphatic heterocycles. The number of aryl methyl sites for hydroxylation is 2. The molecule has 0 N–H and O–H groups in total. The molecule has 2 unspecified atom stereocenters. The Kier molecular flexibility index (Phi) is 10.5. The summed E-state index contributed by atoms with van der Waals surface area (Å²) in [4.78, 5) is 11.2. The number of hydrogen-bond acceptors (Lipinski definition) is 6. The van der Waals surface area contributed by atoms with Crippen molar-refractivity contribution in [1.82, 2.24) is 0 Å². The van der Waals surface area contributed by atoms with E-state index < -0.39 is 0 Å². The molecule has 4 heterocycles. The molecule has 0 saturated heterocycles. The van der Waals surface area contributed by atoms with Crippen LogP contribution in [0.1, 0.15) is 11.1 Å². The lowest BCUT2D eigenvalue weighted by Gasteiger charge is -2.49. The van der Waals surface area contributed by atoms with Gasteiger partial charge in [0.2, 0.25) is 6.71 Å². The molecule has 0 bridgehead atoms. The smallest absolute Gasteiger partial charge is 0.255 e. The number of ether oxygens (including phenoxy) is 1. The van der Waals surface area contributed by atoms with Crippen LogP contribution in [0.25, 0.3) is 0 Å². The zero-order chi connectivity index (χ0) is 50.4. The van der Waals surface area contributed by atoms with Crippen molar-refractivity contribution in [3.05, 3.63) is 277 Å². The Morgan fingerprint density at radius 1 is 0.434 bits per heavy atom. The van der Waals surface area contributed by atoms with E-state index in [9.17, 15) is 0 Å². The van der Waals surface area contributed by atoms with Gasteiger partial charge in [-0.15, -0.1) is 11.8 Å². The van der Waals surface area contributed by atoms with Crippen molar-refractivity contribution in [3.63, 3.8) is 0 Å². The lowest BCUT2D eigenvalue weighted by molar-refractivity contribution is 0.487. The van der Waals surface area contributed by atoms with Crippen LogP contribution < -0.4 is 46.2 Å². The maximum Gasteiger partial charge on any atom is 0.255 e. The molecule has 0 aromatic heterocycles. The van der Waals surface area contributed by atoms with E-state index in [1.54, 1.807) is 0 Å². The van der Waals surface area contributed by atoms with Gasteiger partial charge in [-0.25, -0.2) is 0 Å². The van der Waals surface area contributed by atoms with Crippen molar-refractivity contribution in [2.24, 2.45) is 0 Å². The summed E-state index contributed by atoms with van der Waals surface area (Å²) < 4.78 is 7.21. The average Bonchev–Trinajstić information content (AvgIpc) is 3.57. The lowest BCUT2D eigenvalue weighted by atomic mass is 9.28. The molecule has 0 amide bonds. The van der Waals surface area contributed by atoms with Crippen molar-refractivity contribution in [1.29, 1.82) is 0 Å². The summed E-state index contributed by atoms with van der Waals surface area (Å²) in [5.41, 5.74) is 22.6. The highest BCUT2D eigenvalue weighted by molar-refractivity contribution is 8.00. The third-order valence-corrected chi connectivity index (χ3v) is 17.4. The first-order valence-corrected chi connectivity index (χ1v) is 27.3. The van der Waals surface area contributed by atoms with E-state index in [1.165, 1.54) is 66.1 Å². The maximum absolute atomic E-state index is 7.21. The minimum absolute atomic E-state index is 0.0723. The molecule has 0 fully saturated rings. The molecule has 0 saturated carbocycles. The summed E-state index contributed by atoms with van der Waals surface area (Å²) in [5, 5.41) is 0.0915. The molecule has 10 aromatic carbocycles. The molecular weight excluding hydrogens is 942 g/mol. The molecule has 2 atom stereocenters. The third kappa shape index (κ3) is 7.04. The van der Waals surface area contributed by atoms with Crippen LogP contribution in [0.2, 0.25) is 5.82 Å². The van der Waals surface area contributed by atoms with Gasteiger partial charge in [-0.1, -0.05) is 152 Å². The van der Waals surface area contributed by atoms with E-state index in [-0.39, 0.29) is 24.5 Å². The first-order chi connectivity index (χ1) is 37.6. The molecule has 360 valence electrons. The van der Waals surface area contributed by atoms with Gasteiger partial charge in [-0.05, 0) is 155 Å². The molecule has 0 radical (unpaired) electrons. The third-order valence-electron chi connectivity index (χ3n) is 16.1. The van der Waals surface area contributed by atoms with Crippen LogP contribution in [0.4, 0.5) is 62.6 Å². The first kappa shape index (κ1) is 44.6. The topological polar surface area (TPSA) is 22.2 Å². The molecule has 8 heteroatoms. The number of allylic oxidation sites excluding steroid dienone is 2. The van der Waals surface area contributed by atoms with E-state index in [4.69, 9.17) is 4.74 Å². The molecule has 0 spiro atoms. The maximum atomic E-state index is 7.21. The standard InChI is InChI=1S/C68H50B2N4OS/c1-45-23-22-24-46(2)68(45)74-59-44-64-57(43-56(59)70-55-36-19-21-38-62(55)75-63-41-52(39-60(74)66(63)70)71(47-25-8-3-9-26-47)48-27-10-4-11-28-48)69-54-35-18-20-37-58(54)73(51-33-16-7-17-34-51)61-40-53(42-65(76-64)67(61)69)72(49-29-12-5-13-30-49)50-31-14-6-15-32-50/h3-44,57,64H,1-2H3. The second-order valence-corrected chi connectivity index (χ2v) is 21.7. The Labute approximate surface area is 449 Å². The van der Waals surface area contributed by atoms with E-state index in [2.05, 4.69) is 288 Å². The van der Waals surface area contributed by atoms with Crippen LogP contribution in [-0.2, 0) is 0 Å². The number of nitrogens with zero attached hydrogens (tertiary/aromatic N) is 4. The van der Waals surface area contributed by atoms with Crippen LogP contribution >= 0.6 is 11.8 Å². The van der Waals surface area contributed by atoms with Gasteiger partial charge in [0.15, 0.2) is 0 Å². The van der Waals surface area contributed by atoms with Crippen molar-refractivity contribution >= 4 is 110 Å². The Morgan fingerprint density at radius 3 is 1.55 bits per heavy atom. The second-order valence-electron chi connectivity index (χ2n) is 20.5. The van der Waals surface area contributed by atoms with Gasteiger partial charge >= 0.3 is 0 Å². The lowest BCUT2D eigenvalue weighted by Crippen LogP contribution is -2.59. The highest BCUT2D eigenvalue weighted by Gasteiger charge is 2.52. The summed E-state index contributed by atoms with van der Waals surface area (Å²) in [6, 6.07) is 88.4. The molecule has 15 rings (SSSR count). The largest absolute Gasteiger partial charge is 0.458 e. The molecule has 5 aliphatic rings. The quantitative estimate of drug-likeness (QED) is 0.141. The summed E-state index contributed by atoms with van der Waals surface area (Å²) >= 11 is 2.02. The SMILES string of the molecule is Cc1cccc(C)c1N1C2=CC3Sc4cc(N(c5ccccc5)c5ccccc5)cc5c4B(c4ccccc4N5c4ccccc4)C3C=C2B2c3ccccc3Oc3cc(N(c4ccccc4)c4ccccc4)cc1c32. The summed E-state index contributed by atoms with van der Waals surface area (Å²) in [6.45, 7) is 4.54. The number of benzene rings is 10. The second kappa shape index (κ2) is 17.9. The Hall–Kier alpha value is -8.84. The molecule has 76 heavy (non-hydrogen) atoms. The van der Waals surface area contributed by atoms with Crippen LogP contribution in [-0.4, -0.2) is 18.7 Å². The van der Waals surface area contributed by atoms with Crippen LogP contribution in [0.3, 0.4) is 0 Å². The zero-order valence-electron chi connectivity index (χ0n) is 42.2. The van der Waals surface area contributed by atoms with Crippen molar-refractivity contribution in [2.75, 3.05) is 19.6 Å². The highest BCUT2D eigenvalue weighted by Crippen LogP contribution is 2.55. The normalized spacial score (nSPS) is 16.1. The van der Waals surface area contributed by atoms with E-state index >= 15 is 0 Å². The number of anilines is 11. The number of para-hydroxylation sites is 8. The van der Waals surface area contributed by atoms with Crippen molar-refractivity contribution < 1.29 is 4.74 Å². The van der Waals surface area contributed by atoms with Crippen molar-refractivity contribution in [3.8, 4) is 11.5 Å². The Balaban J connectivity index is 0.995. The van der Waals surface area contributed by atoms with Gasteiger partial charge in [0.25, 0.3) is 6.71 Å². The summed E-state index contributed by atoms with van der Waals surface area (Å²) in [7, 11) is 0. The number of fused-ring (bicyclic) bond motifs is 8. The van der Waals surface area contributed by atoms with Crippen molar-refractivity contribution in [2.45, 2.75) is 29.8 Å². The monoisotopic (exact) mass is 992 g/mol.